The van der Waals surface area contributed by atoms with Gasteiger partial charge in [-0.25, -0.2) is 0 Å². The lowest BCUT2D eigenvalue weighted by Crippen LogP contribution is -2.62. The highest BCUT2D eigenvalue weighted by atomic mass is 16.5. The minimum atomic E-state index is -0.824. The molecule has 4 rings (SSSR count). The summed E-state index contributed by atoms with van der Waals surface area (Å²) in [5, 5.41) is 19.2. The van der Waals surface area contributed by atoms with Crippen molar-refractivity contribution in [3.05, 3.63) is 52.8 Å². The maximum atomic E-state index is 11.8. The Hall–Kier alpha value is -1.73. The zero-order valence-corrected chi connectivity index (χ0v) is 16.3. The van der Waals surface area contributed by atoms with Gasteiger partial charge in [0.15, 0.2) is 0 Å². The van der Waals surface area contributed by atoms with Gasteiger partial charge in [0.05, 0.1) is 24.9 Å². The summed E-state index contributed by atoms with van der Waals surface area (Å²) < 4.78 is 5.56. The van der Waals surface area contributed by atoms with Gasteiger partial charge in [-0.15, -0.1) is 0 Å². The fourth-order valence-electron chi connectivity index (χ4n) is 4.53. The number of nitrogens with one attached hydrogen (secondary N) is 1. The van der Waals surface area contributed by atoms with Crippen LogP contribution in [0.5, 0.6) is 0 Å². The van der Waals surface area contributed by atoms with E-state index in [2.05, 4.69) is 46.0 Å². The fraction of sp³-hybridized carbons (Fsp3) is 0.571. The molecular weight excluding hydrogens is 340 g/mol. The Bertz CT molecular complexity index is 737. The van der Waals surface area contributed by atoms with Crippen molar-refractivity contribution in [3.63, 3.8) is 0 Å². The molecule has 0 aliphatic carbocycles. The van der Waals surface area contributed by atoms with Crippen molar-refractivity contribution in [1.29, 1.82) is 0 Å². The highest BCUT2D eigenvalue weighted by molar-refractivity contribution is 5.27. The molecule has 2 saturated heterocycles. The Balaban J connectivity index is 1.59. The molecule has 27 heavy (non-hydrogen) atoms. The van der Waals surface area contributed by atoms with E-state index < -0.39 is 5.60 Å². The van der Waals surface area contributed by atoms with Gasteiger partial charge in [0.25, 0.3) is 0 Å². The summed E-state index contributed by atoms with van der Waals surface area (Å²) in [5.41, 5.74) is 3.69. The average molecular weight is 370 g/mol. The number of ether oxygens (including phenoxy) is 1. The molecule has 0 saturated carbocycles. The van der Waals surface area contributed by atoms with E-state index in [1.54, 1.807) is 0 Å². The standard InChI is InChI=1S/C21H30N4O2/c1-16-19(17(2)23-22-16)14-24-9-8-21(26,18-6-4-3-5-7-18)20(15-24)25-10-12-27-13-11-25/h3-7,20,26H,8-15H2,1-2H3,(H,22,23)/t20-,21+/m1/s1. The van der Waals surface area contributed by atoms with Crippen LogP contribution < -0.4 is 0 Å². The zero-order valence-electron chi connectivity index (χ0n) is 16.3. The third kappa shape index (κ3) is 3.67. The molecule has 2 N–H and O–H groups in total. The predicted molar refractivity (Wildman–Crippen MR) is 104 cm³/mol. The Kier molecular flexibility index (Phi) is 5.32. The molecule has 3 heterocycles. The van der Waals surface area contributed by atoms with Crippen molar-refractivity contribution in [2.45, 2.75) is 38.5 Å². The number of piperidine rings is 1. The number of benzene rings is 1. The molecule has 0 spiro atoms. The number of aryl methyl sites for hydroxylation is 2. The topological polar surface area (TPSA) is 64.6 Å². The molecule has 0 unspecified atom stereocenters. The van der Waals surface area contributed by atoms with Crippen LogP contribution in [-0.2, 0) is 16.9 Å². The number of nitrogens with zero attached hydrogens (tertiary/aromatic N) is 3. The van der Waals surface area contributed by atoms with Crippen molar-refractivity contribution >= 4 is 0 Å². The fourth-order valence-corrected chi connectivity index (χ4v) is 4.53. The number of aliphatic hydroxyl groups is 1. The van der Waals surface area contributed by atoms with E-state index in [0.717, 1.165) is 69.3 Å². The van der Waals surface area contributed by atoms with Crippen molar-refractivity contribution in [1.82, 2.24) is 20.0 Å². The Labute approximate surface area is 161 Å². The van der Waals surface area contributed by atoms with Crippen molar-refractivity contribution in [2.75, 3.05) is 39.4 Å². The molecule has 0 amide bonds. The minimum Gasteiger partial charge on any atom is -0.383 e. The molecule has 2 fully saturated rings. The van der Waals surface area contributed by atoms with Gasteiger partial charge < -0.3 is 9.84 Å². The van der Waals surface area contributed by atoms with Gasteiger partial charge in [0, 0.05) is 44.0 Å². The van der Waals surface area contributed by atoms with E-state index in [0.29, 0.717) is 0 Å². The molecule has 6 nitrogen and oxygen atoms in total. The van der Waals surface area contributed by atoms with Gasteiger partial charge in [0.2, 0.25) is 0 Å². The first-order chi connectivity index (χ1) is 13.1. The first-order valence-electron chi connectivity index (χ1n) is 9.90. The number of aromatic nitrogens is 2. The first-order valence-corrected chi connectivity index (χ1v) is 9.90. The van der Waals surface area contributed by atoms with Crippen molar-refractivity contribution in [2.24, 2.45) is 0 Å². The normalized spacial score (nSPS) is 27.7. The maximum Gasteiger partial charge on any atom is 0.108 e. The average Bonchev–Trinajstić information content (AvgIpc) is 3.03. The van der Waals surface area contributed by atoms with E-state index in [1.807, 2.05) is 18.2 Å². The molecule has 2 aliphatic rings. The third-order valence-electron chi connectivity index (χ3n) is 6.21. The summed E-state index contributed by atoms with van der Waals surface area (Å²) in [6, 6.07) is 10.2. The summed E-state index contributed by atoms with van der Waals surface area (Å²) in [7, 11) is 0. The predicted octanol–water partition coefficient (Wildman–Crippen LogP) is 1.82. The highest BCUT2D eigenvalue weighted by Crippen LogP contribution is 2.37. The summed E-state index contributed by atoms with van der Waals surface area (Å²) >= 11 is 0. The Morgan fingerprint density at radius 3 is 2.59 bits per heavy atom. The van der Waals surface area contributed by atoms with Gasteiger partial charge in [-0.1, -0.05) is 30.3 Å². The highest BCUT2D eigenvalue weighted by Gasteiger charge is 2.46. The number of hydrogen-bond donors (Lipinski definition) is 2. The maximum absolute atomic E-state index is 11.8. The molecule has 2 atom stereocenters. The van der Waals surface area contributed by atoms with E-state index in [1.165, 1.54) is 5.56 Å². The van der Waals surface area contributed by atoms with Crippen LogP contribution in [0.2, 0.25) is 0 Å². The lowest BCUT2D eigenvalue weighted by Gasteiger charge is -2.50. The van der Waals surface area contributed by atoms with Gasteiger partial charge in [-0.3, -0.25) is 14.9 Å². The number of rotatable bonds is 4. The molecule has 2 aromatic rings. The van der Waals surface area contributed by atoms with Gasteiger partial charge in [-0.05, 0) is 25.8 Å². The van der Waals surface area contributed by atoms with Crippen LogP contribution in [0.3, 0.4) is 0 Å². The molecule has 1 aromatic heterocycles. The van der Waals surface area contributed by atoms with Gasteiger partial charge in [0.1, 0.15) is 5.60 Å². The number of H-pyrrole nitrogens is 1. The summed E-state index contributed by atoms with van der Waals surface area (Å²) in [4.78, 5) is 4.88. The smallest absolute Gasteiger partial charge is 0.108 e. The van der Waals surface area contributed by atoms with Crippen LogP contribution in [0.1, 0.15) is 28.9 Å². The first kappa shape index (κ1) is 18.6. The van der Waals surface area contributed by atoms with Gasteiger partial charge >= 0.3 is 0 Å². The van der Waals surface area contributed by atoms with Crippen molar-refractivity contribution < 1.29 is 9.84 Å². The minimum absolute atomic E-state index is 0.0602. The van der Waals surface area contributed by atoms with Crippen LogP contribution >= 0.6 is 0 Å². The molecule has 146 valence electrons. The van der Waals surface area contributed by atoms with Crippen LogP contribution in [0.25, 0.3) is 0 Å². The van der Waals surface area contributed by atoms with E-state index in [9.17, 15) is 5.11 Å². The molecular formula is C21H30N4O2. The number of morpholine rings is 1. The second kappa shape index (κ2) is 7.72. The van der Waals surface area contributed by atoms with Gasteiger partial charge in [-0.2, -0.15) is 5.10 Å². The van der Waals surface area contributed by atoms with Crippen LogP contribution in [0.4, 0.5) is 0 Å². The SMILES string of the molecule is Cc1n[nH]c(C)c1CN1CC[C@](O)(c2ccccc2)[C@H](N2CCOCC2)C1. The van der Waals surface area contributed by atoms with Crippen molar-refractivity contribution in [3.8, 4) is 0 Å². The van der Waals surface area contributed by atoms with Crippen LogP contribution in [-0.4, -0.2) is 70.5 Å². The van der Waals surface area contributed by atoms with E-state index in [4.69, 9.17) is 4.74 Å². The molecule has 2 aliphatic heterocycles. The second-order valence-electron chi connectivity index (χ2n) is 7.85. The lowest BCUT2D eigenvalue weighted by atomic mass is 9.79. The molecule has 1 aromatic carbocycles. The summed E-state index contributed by atoms with van der Waals surface area (Å²) in [5.74, 6) is 0. The van der Waals surface area contributed by atoms with Crippen LogP contribution in [0, 0.1) is 13.8 Å². The Morgan fingerprint density at radius 2 is 1.93 bits per heavy atom. The Morgan fingerprint density at radius 1 is 1.19 bits per heavy atom. The lowest BCUT2D eigenvalue weighted by molar-refractivity contribution is -0.119. The molecule has 6 heteroatoms. The van der Waals surface area contributed by atoms with Crippen LogP contribution in [0.15, 0.2) is 30.3 Å². The number of hydrogen-bond acceptors (Lipinski definition) is 5. The second-order valence-corrected chi connectivity index (χ2v) is 7.85. The molecule has 0 bridgehead atoms. The number of aromatic amines is 1. The monoisotopic (exact) mass is 370 g/mol. The number of likely N-dealkylation sites (tertiary alicyclic amines) is 1. The van der Waals surface area contributed by atoms with E-state index >= 15 is 0 Å². The zero-order chi connectivity index (χ0) is 18.9. The largest absolute Gasteiger partial charge is 0.383 e. The summed E-state index contributed by atoms with van der Waals surface area (Å²) in [6.07, 6.45) is 0.731. The quantitative estimate of drug-likeness (QED) is 0.860. The third-order valence-corrected chi connectivity index (χ3v) is 6.21. The molecule has 0 radical (unpaired) electrons. The van der Waals surface area contributed by atoms with E-state index in [-0.39, 0.29) is 6.04 Å². The summed E-state index contributed by atoms with van der Waals surface area (Å²) in [6.45, 7) is 9.95.